The molecule has 1 atom stereocenters. The summed E-state index contributed by atoms with van der Waals surface area (Å²) in [5, 5.41) is 18.7. The van der Waals surface area contributed by atoms with Crippen molar-refractivity contribution in [2.24, 2.45) is 4.99 Å². The molecule has 11 aromatic rings. The normalized spacial score (nSPS) is 14.5. The summed E-state index contributed by atoms with van der Waals surface area (Å²) in [6.07, 6.45) is 1.90. The third kappa shape index (κ3) is 4.82. The van der Waals surface area contributed by atoms with Gasteiger partial charge in [0.1, 0.15) is 6.17 Å². The van der Waals surface area contributed by atoms with Gasteiger partial charge in [-0.15, -0.1) is 0 Å². The quantitative estimate of drug-likeness (QED) is 0.180. The van der Waals surface area contributed by atoms with Crippen LogP contribution in [0.2, 0.25) is 0 Å². The van der Waals surface area contributed by atoms with Gasteiger partial charge in [-0.3, -0.25) is 4.99 Å². The number of para-hydroxylation sites is 2. The second-order valence-electron chi connectivity index (χ2n) is 15.1. The Morgan fingerprint density at radius 3 is 1.74 bits per heavy atom. The Morgan fingerprint density at radius 1 is 0.421 bits per heavy atom. The molecule has 57 heavy (non-hydrogen) atoms. The summed E-state index contributed by atoms with van der Waals surface area (Å²) in [5.74, 6) is 0. The lowest BCUT2D eigenvalue weighted by Gasteiger charge is -2.27. The molecule has 266 valence electrons. The van der Waals surface area contributed by atoms with Crippen molar-refractivity contribution in [1.29, 1.82) is 0 Å². The smallest absolute Gasteiger partial charge is 0.146 e. The zero-order chi connectivity index (χ0) is 37.5. The Bertz CT molecular complexity index is 3490. The van der Waals surface area contributed by atoms with E-state index in [4.69, 9.17) is 4.99 Å². The molecule has 0 aliphatic carbocycles. The van der Waals surface area contributed by atoms with Crippen LogP contribution in [0.15, 0.2) is 205 Å². The van der Waals surface area contributed by atoms with Gasteiger partial charge in [-0.05, 0) is 73.4 Å². The summed E-state index contributed by atoms with van der Waals surface area (Å²) in [5.41, 5.74) is 9.06. The predicted octanol–water partition coefficient (Wildman–Crippen LogP) is 13.7. The summed E-state index contributed by atoms with van der Waals surface area (Å²) in [6, 6.07) is 70.4. The van der Waals surface area contributed by atoms with Crippen LogP contribution in [0.4, 0.5) is 0 Å². The molecule has 10 aromatic carbocycles. The van der Waals surface area contributed by atoms with E-state index in [-0.39, 0.29) is 6.17 Å². The molecule has 0 saturated heterocycles. The third-order valence-electron chi connectivity index (χ3n) is 12.0. The number of nitrogens with zero attached hydrogens (tertiary/aromatic N) is 2. The van der Waals surface area contributed by atoms with E-state index in [1.807, 2.05) is 0 Å². The first-order chi connectivity index (χ1) is 28.3. The van der Waals surface area contributed by atoms with Gasteiger partial charge < -0.3 is 9.88 Å². The molecule has 0 saturated carbocycles. The Balaban J connectivity index is 1.18. The van der Waals surface area contributed by atoms with Crippen molar-refractivity contribution in [3.05, 3.63) is 217 Å². The molecule has 1 aliphatic rings. The monoisotopic (exact) mass is 725 g/mol. The number of hydrogen-bond acceptors (Lipinski definition) is 2. The van der Waals surface area contributed by atoms with Crippen molar-refractivity contribution in [1.82, 2.24) is 9.88 Å². The Morgan fingerprint density at radius 2 is 0.982 bits per heavy atom. The van der Waals surface area contributed by atoms with Crippen molar-refractivity contribution >= 4 is 87.1 Å². The van der Waals surface area contributed by atoms with E-state index < -0.39 is 0 Å². The molecule has 1 N–H and O–H groups in total. The van der Waals surface area contributed by atoms with Gasteiger partial charge in [0.05, 0.1) is 16.7 Å². The number of aromatic nitrogens is 1. The molecule has 1 aliphatic heterocycles. The van der Waals surface area contributed by atoms with Gasteiger partial charge >= 0.3 is 0 Å². The molecule has 0 spiro atoms. The summed E-state index contributed by atoms with van der Waals surface area (Å²) < 4.78 is 2.46. The van der Waals surface area contributed by atoms with Gasteiger partial charge in [0, 0.05) is 49.6 Å². The second kappa shape index (κ2) is 12.5. The number of rotatable bonds is 4. The maximum atomic E-state index is 5.65. The maximum absolute atomic E-state index is 5.65. The molecule has 1 aromatic heterocycles. The van der Waals surface area contributed by atoms with E-state index in [1.165, 1.54) is 75.7 Å². The minimum Gasteiger partial charge on any atom is -0.359 e. The summed E-state index contributed by atoms with van der Waals surface area (Å²) in [7, 11) is 0. The van der Waals surface area contributed by atoms with Crippen molar-refractivity contribution in [2.45, 2.75) is 6.17 Å². The van der Waals surface area contributed by atoms with E-state index in [9.17, 15) is 0 Å². The molecular weight excluding hydrogens is 691 g/mol. The van der Waals surface area contributed by atoms with Gasteiger partial charge in [-0.25, -0.2) is 0 Å². The minimum absolute atomic E-state index is 0.354. The number of aliphatic imine (C=N–C) groups is 1. The first-order valence-corrected chi connectivity index (χ1v) is 19.7. The SMILES string of the molecule is C1=C(c2cccc3ccccc23)NC(c2cc3c4ccccc4c4c(c5ccccc5n4-c4ccccc4)c3c3ccccc23)N=C1c1cccc2ccccc12. The van der Waals surface area contributed by atoms with E-state index >= 15 is 0 Å². The van der Waals surface area contributed by atoms with Crippen LogP contribution in [0.3, 0.4) is 0 Å². The van der Waals surface area contributed by atoms with Crippen molar-refractivity contribution in [2.75, 3.05) is 0 Å². The van der Waals surface area contributed by atoms with Gasteiger partial charge in [-0.2, -0.15) is 0 Å². The van der Waals surface area contributed by atoms with Crippen LogP contribution >= 0.6 is 0 Å². The fraction of sp³-hybridized carbons (Fsp3) is 0.0185. The highest BCUT2D eigenvalue weighted by Gasteiger charge is 2.26. The Labute approximate surface area is 329 Å². The number of fused-ring (bicyclic) bond motifs is 12. The van der Waals surface area contributed by atoms with Crippen molar-refractivity contribution < 1.29 is 0 Å². The highest BCUT2D eigenvalue weighted by Crippen LogP contribution is 2.47. The van der Waals surface area contributed by atoms with E-state index in [0.29, 0.717) is 0 Å². The average Bonchev–Trinajstić information content (AvgIpc) is 3.64. The zero-order valence-electron chi connectivity index (χ0n) is 31.0. The van der Waals surface area contributed by atoms with Gasteiger partial charge in [0.2, 0.25) is 0 Å². The molecule has 3 nitrogen and oxygen atoms in total. The van der Waals surface area contributed by atoms with Crippen LogP contribution in [-0.4, -0.2) is 10.3 Å². The predicted molar refractivity (Wildman–Crippen MR) is 242 cm³/mol. The topological polar surface area (TPSA) is 29.3 Å². The number of nitrogens with one attached hydrogen (secondary N) is 1. The fourth-order valence-corrected chi connectivity index (χ4v) is 9.52. The standard InChI is InChI=1S/C54H35N3/c1-2-20-36(21-3-1)57-50-31-13-12-28-45(50)52-51-43-26-10-8-24-39(43)47(32-46(51)40-25-9-11-27-44(40)53(52)57)54-55-48(41-29-14-18-34-16-4-6-22-37(34)41)33-49(56-54)42-30-15-19-35-17-5-7-23-38(35)42/h1-33,54-55H. The molecular formula is C54H35N3. The molecule has 0 amide bonds. The summed E-state index contributed by atoms with van der Waals surface area (Å²) in [4.78, 5) is 5.65. The highest BCUT2D eigenvalue weighted by atomic mass is 15.1. The maximum Gasteiger partial charge on any atom is 0.146 e. The van der Waals surface area contributed by atoms with Gasteiger partial charge in [0.25, 0.3) is 0 Å². The van der Waals surface area contributed by atoms with E-state index in [0.717, 1.165) is 33.8 Å². The lowest BCUT2D eigenvalue weighted by atomic mass is 9.89. The van der Waals surface area contributed by atoms with Crippen molar-refractivity contribution in [3.63, 3.8) is 0 Å². The second-order valence-corrected chi connectivity index (χ2v) is 15.1. The first-order valence-electron chi connectivity index (χ1n) is 19.7. The summed E-state index contributed by atoms with van der Waals surface area (Å²) >= 11 is 0. The lowest BCUT2D eigenvalue weighted by Crippen LogP contribution is -2.25. The number of allylic oxidation sites excluding steroid dienone is 1. The van der Waals surface area contributed by atoms with Crippen LogP contribution in [0, 0.1) is 0 Å². The first kappa shape index (κ1) is 31.8. The van der Waals surface area contributed by atoms with Crippen LogP contribution in [0.25, 0.3) is 87.1 Å². The molecule has 0 radical (unpaired) electrons. The molecule has 2 heterocycles. The van der Waals surface area contributed by atoms with E-state index in [2.05, 4.69) is 210 Å². The van der Waals surface area contributed by atoms with E-state index in [1.54, 1.807) is 0 Å². The van der Waals surface area contributed by atoms with Gasteiger partial charge in [0.15, 0.2) is 0 Å². The third-order valence-corrected chi connectivity index (χ3v) is 12.0. The van der Waals surface area contributed by atoms with Crippen LogP contribution in [0.1, 0.15) is 22.9 Å². The molecule has 0 bridgehead atoms. The van der Waals surface area contributed by atoms with Gasteiger partial charge in [-0.1, -0.05) is 170 Å². The fourth-order valence-electron chi connectivity index (χ4n) is 9.52. The number of benzene rings is 10. The molecule has 12 rings (SSSR count). The lowest BCUT2D eigenvalue weighted by molar-refractivity contribution is 0.670. The summed E-state index contributed by atoms with van der Waals surface area (Å²) in [6.45, 7) is 0. The molecule has 1 unspecified atom stereocenters. The van der Waals surface area contributed by atoms with Crippen LogP contribution in [-0.2, 0) is 0 Å². The van der Waals surface area contributed by atoms with Crippen molar-refractivity contribution in [3.8, 4) is 5.69 Å². The zero-order valence-corrected chi connectivity index (χ0v) is 31.0. The average molecular weight is 726 g/mol. The molecule has 0 fully saturated rings. The Kier molecular flexibility index (Phi) is 6.99. The van der Waals surface area contributed by atoms with Crippen LogP contribution < -0.4 is 5.32 Å². The number of hydrogen-bond donors (Lipinski definition) is 1. The molecule has 3 heteroatoms. The largest absolute Gasteiger partial charge is 0.359 e. The van der Waals surface area contributed by atoms with Crippen LogP contribution in [0.5, 0.6) is 0 Å². The Hall–Kier alpha value is -7.49. The highest BCUT2D eigenvalue weighted by molar-refractivity contribution is 6.37. The minimum atomic E-state index is -0.354.